The third kappa shape index (κ3) is 44.3. The molecule has 0 aromatic carbocycles. The molecular formula is C51H90O6. The van der Waals surface area contributed by atoms with Crippen molar-refractivity contribution in [2.75, 3.05) is 13.2 Å². The Morgan fingerprint density at radius 3 is 1.07 bits per heavy atom. The summed E-state index contributed by atoms with van der Waals surface area (Å²) >= 11 is 0. The lowest BCUT2D eigenvalue weighted by Crippen LogP contribution is -2.30. The van der Waals surface area contributed by atoms with Crippen molar-refractivity contribution in [2.24, 2.45) is 0 Å². The number of carbonyl (C=O) groups excluding carboxylic acids is 3. The molecule has 0 saturated carbocycles. The SMILES string of the molecule is CC/C=C\C/C=C\C/C=C\C/C=C\CCCCCCCCCCC(=O)OCC(COC(=O)CCCCCCC)OC(=O)CCCCCCCCCCCCCCC. The van der Waals surface area contributed by atoms with Gasteiger partial charge >= 0.3 is 17.9 Å². The largest absolute Gasteiger partial charge is 0.462 e. The van der Waals surface area contributed by atoms with E-state index in [1.165, 1.54) is 103 Å². The Kier molecular flexibility index (Phi) is 43.9. The highest BCUT2D eigenvalue weighted by Crippen LogP contribution is 2.15. The van der Waals surface area contributed by atoms with Crippen LogP contribution in [0.15, 0.2) is 48.6 Å². The quantitative estimate of drug-likeness (QED) is 0.0265. The summed E-state index contributed by atoms with van der Waals surface area (Å²) in [6.45, 7) is 6.44. The fourth-order valence-corrected chi connectivity index (χ4v) is 6.73. The van der Waals surface area contributed by atoms with Crippen LogP contribution in [-0.2, 0) is 28.6 Å². The van der Waals surface area contributed by atoms with Gasteiger partial charge in [-0.15, -0.1) is 0 Å². The zero-order chi connectivity index (χ0) is 41.5. The van der Waals surface area contributed by atoms with E-state index in [9.17, 15) is 14.4 Å². The topological polar surface area (TPSA) is 78.9 Å². The molecule has 0 amide bonds. The summed E-state index contributed by atoms with van der Waals surface area (Å²) in [5.41, 5.74) is 0. The highest BCUT2D eigenvalue weighted by Gasteiger charge is 2.19. The first-order chi connectivity index (χ1) is 28.0. The lowest BCUT2D eigenvalue weighted by Gasteiger charge is -2.18. The van der Waals surface area contributed by atoms with Gasteiger partial charge in [0.15, 0.2) is 6.10 Å². The Hall–Kier alpha value is -2.63. The van der Waals surface area contributed by atoms with Gasteiger partial charge < -0.3 is 14.2 Å². The van der Waals surface area contributed by atoms with E-state index in [1.807, 2.05) is 0 Å². The number of ether oxygens (including phenoxy) is 3. The van der Waals surface area contributed by atoms with E-state index in [0.717, 1.165) is 96.3 Å². The lowest BCUT2D eigenvalue weighted by atomic mass is 10.0. The molecule has 0 saturated heterocycles. The minimum Gasteiger partial charge on any atom is -0.462 e. The van der Waals surface area contributed by atoms with Crippen LogP contribution in [0.1, 0.15) is 239 Å². The lowest BCUT2D eigenvalue weighted by molar-refractivity contribution is -0.167. The molecule has 0 fully saturated rings. The molecule has 0 heterocycles. The molecule has 0 radical (unpaired) electrons. The molecule has 0 aliphatic carbocycles. The van der Waals surface area contributed by atoms with Crippen LogP contribution in [-0.4, -0.2) is 37.2 Å². The Morgan fingerprint density at radius 1 is 0.368 bits per heavy atom. The second-order valence-corrected chi connectivity index (χ2v) is 16.0. The number of carbonyl (C=O) groups is 3. The number of hydrogen-bond acceptors (Lipinski definition) is 6. The Bertz CT molecular complexity index is 1010. The van der Waals surface area contributed by atoms with Crippen molar-refractivity contribution in [1.82, 2.24) is 0 Å². The number of rotatable bonds is 43. The summed E-state index contributed by atoms with van der Waals surface area (Å²) < 4.78 is 16.6. The smallest absolute Gasteiger partial charge is 0.306 e. The van der Waals surface area contributed by atoms with Gasteiger partial charge in [-0.1, -0.05) is 211 Å². The van der Waals surface area contributed by atoms with Crippen molar-refractivity contribution < 1.29 is 28.6 Å². The molecule has 6 heteroatoms. The molecule has 0 bridgehead atoms. The number of esters is 3. The van der Waals surface area contributed by atoms with E-state index < -0.39 is 6.10 Å². The van der Waals surface area contributed by atoms with Crippen molar-refractivity contribution >= 4 is 17.9 Å². The maximum absolute atomic E-state index is 12.7. The van der Waals surface area contributed by atoms with E-state index in [4.69, 9.17) is 14.2 Å². The van der Waals surface area contributed by atoms with Gasteiger partial charge in [-0.3, -0.25) is 14.4 Å². The van der Waals surface area contributed by atoms with Gasteiger partial charge in [-0.05, 0) is 57.8 Å². The maximum Gasteiger partial charge on any atom is 0.306 e. The van der Waals surface area contributed by atoms with E-state index >= 15 is 0 Å². The number of unbranched alkanes of at least 4 members (excludes halogenated alkanes) is 24. The summed E-state index contributed by atoms with van der Waals surface area (Å²) in [6.07, 6.45) is 54.1. The van der Waals surface area contributed by atoms with Crippen molar-refractivity contribution in [3.8, 4) is 0 Å². The number of hydrogen-bond donors (Lipinski definition) is 0. The average molecular weight is 799 g/mol. The molecule has 0 aliphatic rings. The molecule has 330 valence electrons. The first-order valence-electron chi connectivity index (χ1n) is 24.1. The summed E-state index contributed by atoms with van der Waals surface area (Å²) in [5, 5.41) is 0. The molecular weight excluding hydrogens is 709 g/mol. The third-order valence-electron chi connectivity index (χ3n) is 10.3. The normalized spacial score (nSPS) is 12.4. The monoisotopic (exact) mass is 799 g/mol. The van der Waals surface area contributed by atoms with Crippen LogP contribution in [0, 0.1) is 0 Å². The first kappa shape index (κ1) is 54.4. The first-order valence-corrected chi connectivity index (χ1v) is 24.1. The van der Waals surface area contributed by atoms with Gasteiger partial charge in [0.25, 0.3) is 0 Å². The predicted octanol–water partition coefficient (Wildman–Crippen LogP) is 15.5. The minimum absolute atomic E-state index is 0.0745. The van der Waals surface area contributed by atoms with Crippen LogP contribution in [0.3, 0.4) is 0 Å². The van der Waals surface area contributed by atoms with Crippen molar-refractivity contribution in [3.05, 3.63) is 48.6 Å². The van der Waals surface area contributed by atoms with E-state index in [1.54, 1.807) is 0 Å². The van der Waals surface area contributed by atoms with Crippen LogP contribution in [0.25, 0.3) is 0 Å². The van der Waals surface area contributed by atoms with E-state index in [-0.39, 0.29) is 31.1 Å². The second kappa shape index (κ2) is 46.1. The van der Waals surface area contributed by atoms with Crippen molar-refractivity contribution in [1.29, 1.82) is 0 Å². The van der Waals surface area contributed by atoms with Crippen LogP contribution >= 0.6 is 0 Å². The summed E-state index contributed by atoms with van der Waals surface area (Å²) in [4.78, 5) is 37.5. The third-order valence-corrected chi connectivity index (χ3v) is 10.3. The van der Waals surface area contributed by atoms with Gasteiger partial charge in [0.05, 0.1) is 0 Å². The van der Waals surface area contributed by atoms with Crippen molar-refractivity contribution in [3.63, 3.8) is 0 Å². The molecule has 1 atom stereocenters. The minimum atomic E-state index is -0.768. The Labute approximate surface area is 352 Å². The number of allylic oxidation sites excluding steroid dienone is 8. The van der Waals surface area contributed by atoms with Crippen LogP contribution < -0.4 is 0 Å². The summed E-state index contributed by atoms with van der Waals surface area (Å²) in [7, 11) is 0. The van der Waals surface area contributed by atoms with Gasteiger partial charge in [0, 0.05) is 19.3 Å². The van der Waals surface area contributed by atoms with Gasteiger partial charge in [0.2, 0.25) is 0 Å². The predicted molar refractivity (Wildman–Crippen MR) is 242 cm³/mol. The van der Waals surface area contributed by atoms with Crippen LogP contribution in [0.5, 0.6) is 0 Å². The van der Waals surface area contributed by atoms with Gasteiger partial charge in [0.1, 0.15) is 13.2 Å². The Morgan fingerprint density at radius 2 is 0.684 bits per heavy atom. The molecule has 0 aromatic heterocycles. The molecule has 0 aliphatic heterocycles. The average Bonchev–Trinajstić information content (AvgIpc) is 3.21. The van der Waals surface area contributed by atoms with Gasteiger partial charge in [-0.25, -0.2) is 0 Å². The van der Waals surface area contributed by atoms with Crippen molar-refractivity contribution in [2.45, 2.75) is 245 Å². The fourth-order valence-electron chi connectivity index (χ4n) is 6.73. The highest BCUT2D eigenvalue weighted by atomic mass is 16.6. The second-order valence-electron chi connectivity index (χ2n) is 16.0. The molecule has 0 aromatic rings. The summed E-state index contributed by atoms with van der Waals surface area (Å²) in [6, 6.07) is 0. The summed E-state index contributed by atoms with van der Waals surface area (Å²) in [5.74, 6) is -0.892. The molecule has 0 rings (SSSR count). The molecule has 6 nitrogen and oxygen atoms in total. The van der Waals surface area contributed by atoms with Crippen LogP contribution in [0.2, 0.25) is 0 Å². The maximum atomic E-state index is 12.7. The highest BCUT2D eigenvalue weighted by molar-refractivity contribution is 5.71. The zero-order valence-electron chi connectivity index (χ0n) is 37.6. The van der Waals surface area contributed by atoms with Crippen LogP contribution in [0.4, 0.5) is 0 Å². The molecule has 1 unspecified atom stereocenters. The molecule has 0 N–H and O–H groups in total. The Balaban J connectivity index is 4.16. The van der Waals surface area contributed by atoms with E-state index in [2.05, 4.69) is 69.4 Å². The molecule has 57 heavy (non-hydrogen) atoms. The molecule has 0 spiro atoms. The zero-order valence-corrected chi connectivity index (χ0v) is 37.6. The standard InChI is InChI=1S/C51H90O6/c1-4-7-10-13-15-17-19-21-22-23-24-25-26-27-28-30-31-33-35-38-41-44-50(53)56-47-48(46-55-49(52)43-40-37-12-9-6-3)57-51(54)45-42-39-36-34-32-29-20-18-16-14-11-8-5-2/h7,10,15,17,21-22,24-25,48H,4-6,8-9,11-14,16,18-20,23,26-47H2,1-3H3/b10-7-,17-15-,22-21-,25-24-. The van der Waals surface area contributed by atoms with Gasteiger partial charge in [-0.2, -0.15) is 0 Å². The fraction of sp³-hybridized carbons (Fsp3) is 0.784. The van der Waals surface area contributed by atoms with E-state index in [0.29, 0.717) is 19.3 Å².